The summed E-state index contributed by atoms with van der Waals surface area (Å²) in [5.74, 6) is -0.610. The van der Waals surface area contributed by atoms with Gasteiger partial charge in [0.25, 0.3) is 5.91 Å². The van der Waals surface area contributed by atoms with Crippen molar-refractivity contribution in [3.63, 3.8) is 0 Å². The Morgan fingerprint density at radius 3 is 2.36 bits per heavy atom. The van der Waals surface area contributed by atoms with Gasteiger partial charge in [-0.15, -0.1) is 0 Å². The van der Waals surface area contributed by atoms with Gasteiger partial charge in [0.1, 0.15) is 17.0 Å². The molecule has 0 fully saturated rings. The molecule has 0 aliphatic heterocycles. The Bertz CT molecular complexity index is 710. The van der Waals surface area contributed by atoms with Crippen LogP contribution in [0.25, 0.3) is 10.8 Å². The molecular weight excluding hydrogens is 300 g/mol. The maximum absolute atomic E-state index is 12.5. The standard InChI is InChI=1S/C16H20N2O3S/c1-16(2,3)14(15(19)17-20)18-22(21)13-9-8-11-6-4-5-7-12(11)10-13/h4-10,14,18,20H,1-3H3,(H,17,19)/t14-,22?/m0/s1. The van der Waals surface area contributed by atoms with Crippen molar-refractivity contribution in [1.29, 1.82) is 0 Å². The first-order valence-corrected chi connectivity index (χ1v) is 8.08. The van der Waals surface area contributed by atoms with Crippen LogP contribution in [0.5, 0.6) is 0 Å². The Balaban J connectivity index is 2.27. The summed E-state index contributed by atoms with van der Waals surface area (Å²) in [4.78, 5) is 12.4. The number of hydrogen-bond acceptors (Lipinski definition) is 3. The number of fused-ring (bicyclic) bond motifs is 1. The Morgan fingerprint density at radius 1 is 1.14 bits per heavy atom. The second-order valence-electron chi connectivity index (χ2n) is 6.17. The number of nitrogens with one attached hydrogen (secondary N) is 2. The second kappa shape index (κ2) is 6.56. The Morgan fingerprint density at radius 2 is 1.77 bits per heavy atom. The summed E-state index contributed by atoms with van der Waals surface area (Å²) in [5.41, 5.74) is 1.12. The van der Waals surface area contributed by atoms with Crippen LogP contribution in [0.1, 0.15) is 20.8 Å². The van der Waals surface area contributed by atoms with Crippen LogP contribution in [0, 0.1) is 5.41 Å². The fraction of sp³-hybridized carbons (Fsp3) is 0.312. The molecule has 118 valence electrons. The number of carbonyl (C=O) groups is 1. The minimum Gasteiger partial charge on any atom is -0.289 e. The molecule has 2 atom stereocenters. The monoisotopic (exact) mass is 320 g/mol. The van der Waals surface area contributed by atoms with Crippen LogP contribution in [0.2, 0.25) is 0 Å². The van der Waals surface area contributed by atoms with Gasteiger partial charge >= 0.3 is 0 Å². The van der Waals surface area contributed by atoms with E-state index < -0.39 is 28.3 Å². The van der Waals surface area contributed by atoms with E-state index in [1.807, 2.05) is 57.2 Å². The minimum atomic E-state index is -1.56. The summed E-state index contributed by atoms with van der Waals surface area (Å²) in [5, 5.41) is 10.9. The number of carbonyl (C=O) groups excluding carboxylic acids is 1. The van der Waals surface area contributed by atoms with E-state index in [0.29, 0.717) is 4.90 Å². The summed E-state index contributed by atoms with van der Waals surface area (Å²) < 4.78 is 15.3. The lowest BCUT2D eigenvalue weighted by Crippen LogP contribution is -2.51. The van der Waals surface area contributed by atoms with E-state index in [1.54, 1.807) is 11.5 Å². The normalized spacial score (nSPS) is 14.5. The molecule has 0 aliphatic rings. The summed E-state index contributed by atoms with van der Waals surface area (Å²) in [7, 11) is -1.56. The molecule has 3 N–H and O–H groups in total. The zero-order valence-corrected chi connectivity index (χ0v) is 13.6. The molecule has 0 aromatic heterocycles. The van der Waals surface area contributed by atoms with Crippen LogP contribution in [-0.2, 0) is 15.8 Å². The van der Waals surface area contributed by atoms with E-state index in [9.17, 15) is 9.00 Å². The number of hydrogen-bond donors (Lipinski definition) is 3. The first-order valence-electron chi connectivity index (χ1n) is 6.93. The fourth-order valence-corrected chi connectivity index (χ4v) is 3.38. The van der Waals surface area contributed by atoms with Crippen molar-refractivity contribution in [2.75, 3.05) is 0 Å². The van der Waals surface area contributed by atoms with Crippen molar-refractivity contribution in [1.82, 2.24) is 10.2 Å². The largest absolute Gasteiger partial charge is 0.289 e. The molecule has 0 radical (unpaired) electrons. The first-order chi connectivity index (χ1) is 10.3. The number of benzene rings is 2. The third kappa shape index (κ3) is 3.71. The summed E-state index contributed by atoms with van der Waals surface area (Å²) in [6, 6.07) is 12.5. The van der Waals surface area contributed by atoms with Gasteiger partial charge < -0.3 is 0 Å². The lowest BCUT2D eigenvalue weighted by atomic mass is 9.87. The lowest BCUT2D eigenvalue weighted by molar-refractivity contribution is -0.133. The van der Waals surface area contributed by atoms with Gasteiger partial charge in [-0.2, -0.15) is 0 Å². The summed E-state index contributed by atoms with van der Waals surface area (Å²) in [6.45, 7) is 5.49. The molecule has 1 amide bonds. The fourth-order valence-electron chi connectivity index (χ4n) is 2.15. The van der Waals surface area contributed by atoms with Gasteiger partial charge in [-0.25, -0.2) is 14.4 Å². The quantitative estimate of drug-likeness (QED) is 0.598. The van der Waals surface area contributed by atoms with Crippen LogP contribution in [0.3, 0.4) is 0 Å². The topological polar surface area (TPSA) is 78.4 Å². The highest BCUT2D eigenvalue weighted by atomic mass is 32.2. The molecule has 22 heavy (non-hydrogen) atoms. The van der Waals surface area contributed by atoms with Crippen molar-refractivity contribution < 1.29 is 14.2 Å². The van der Waals surface area contributed by atoms with Crippen LogP contribution in [0.4, 0.5) is 0 Å². The highest BCUT2D eigenvalue weighted by molar-refractivity contribution is 7.83. The van der Waals surface area contributed by atoms with Crippen LogP contribution in [-0.4, -0.2) is 21.4 Å². The van der Waals surface area contributed by atoms with Gasteiger partial charge in [0.2, 0.25) is 0 Å². The van der Waals surface area contributed by atoms with Gasteiger partial charge in [-0.3, -0.25) is 10.0 Å². The van der Waals surface area contributed by atoms with Crippen LogP contribution in [0.15, 0.2) is 47.4 Å². The maximum Gasteiger partial charge on any atom is 0.261 e. The van der Waals surface area contributed by atoms with E-state index in [2.05, 4.69) is 4.72 Å². The summed E-state index contributed by atoms with van der Waals surface area (Å²) in [6.07, 6.45) is 0. The summed E-state index contributed by atoms with van der Waals surface area (Å²) >= 11 is 0. The van der Waals surface area contributed by atoms with E-state index in [0.717, 1.165) is 10.8 Å². The molecule has 5 nitrogen and oxygen atoms in total. The van der Waals surface area contributed by atoms with E-state index >= 15 is 0 Å². The molecule has 2 aromatic carbocycles. The van der Waals surface area contributed by atoms with Crippen molar-refractivity contribution in [2.24, 2.45) is 5.41 Å². The Kier molecular flexibility index (Phi) is 4.95. The average molecular weight is 320 g/mol. The molecule has 0 aliphatic carbocycles. The molecule has 0 spiro atoms. The lowest BCUT2D eigenvalue weighted by Gasteiger charge is -2.28. The van der Waals surface area contributed by atoms with Gasteiger partial charge in [-0.05, 0) is 28.3 Å². The maximum atomic E-state index is 12.5. The zero-order chi connectivity index (χ0) is 16.3. The van der Waals surface area contributed by atoms with Crippen molar-refractivity contribution >= 4 is 27.7 Å². The molecule has 1 unspecified atom stereocenters. The number of rotatable bonds is 4. The average Bonchev–Trinajstić information content (AvgIpc) is 2.50. The highest BCUT2D eigenvalue weighted by Gasteiger charge is 2.32. The molecule has 2 aromatic rings. The van der Waals surface area contributed by atoms with Gasteiger partial charge in [0, 0.05) is 0 Å². The van der Waals surface area contributed by atoms with E-state index in [-0.39, 0.29) is 0 Å². The second-order valence-corrected chi connectivity index (χ2v) is 7.42. The molecule has 0 bridgehead atoms. The minimum absolute atomic E-state index is 0.501. The molecule has 0 saturated heterocycles. The van der Waals surface area contributed by atoms with E-state index in [1.165, 1.54) is 0 Å². The van der Waals surface area contributed by atoms with Crippen molar-refractivity contribution in [3.8, 4) is 0 Å². The molecule has 0 saturated carbocycles. The number of hydroxylamine groups is 1. The Hall–Kier alpha value is -1.76. The third-order valence-corrected chi connectivity index (χ3v) is 4.53. The van der Waals surface area contributed by atoms with Crippen molar-refractivity contribution in [3.05, 3.63) is 42.5 Å². The molecule has 2 rings (SSSR count). The number of amides is 1. The smallest absolute Gasteiger partial charge is 0.261 e. The van der Waals surface area contributed by atoms with Crippen LogP contribution < -0.4 is 10.2 Å². The van der Waals surface area contributed by atoms with Gasteiger partial charge in [0.15, 0.2) is 0 Å². The first kappa shape index (κ1) is 16.6. The zero-order valence-electron chi connectivity index (χ0n) is 12.8. The van der Waals surface area contributed by atoms with Gasteiger partial charge in [-0.1, -0.05) is 51.1 Å². The van der Waals surface area contributed by atoms with E-state index in [4.69, 9.17) is 5.21 Å². The SMILES string of the molecule is CC(C)(C)[C@@H](NS(=O)c1ccc2ccccc2c1)C(=O)NO. The Labute approximate surface area is 132 Å². The molecule has 0 heterocycles. The molecule has 6 heteroatoms. The van der Waals surface area contributed by atoms with Gasteiger partial charge in [0.05, 0.1) is 4.90 Å². The predicted molar refractivity (Wildman–Crippen MR) is 86.7 cm³/mol. The van der Waals surface area contributed by atoms with Crippen molar-refractivity contribution in [2.45, 2.75) is 31.7 Å². The third-order valence-electron chi connectivity index (χ3n) is 3.40. The predicted octanol–water partition coefficient (Wildman–Crippen LogP) is 2.37. The van der Waals surface area contributed by atoms with Crippen LogP contribution >= 0.6 is 0 Å². The highest BCUT2D eigenvalue weighted by Crippen LogP contribution is 2.22. The molecular formula is C16H20N2O3S.